The summed E-state index contributed by atoms with van der Waals surface area (Å²) in [7, 11) is 0. The van der Waals surface area contributed by atoms with Gasteiger partial charge in [0.2, 0.25) is 0 Å². The third kappa shape index (κ3) is 2.10. The molecule has 0 aliphatic heterocycles. The van der Waals surface area contributed by atoms with Crippen LogP contribution >= 0.6 is 0 Å². The zero-order valence-electron chi connectivity index (χ0n) is 15.7. The van der Waals surface area contributed by atoms with Gasteiger partial charge in [0.15, 0.2) is 5.78 Å². The van der Waals surface area contributed by atoms with Crippen LogP contribution in [-0.2, 0) is 9.59 Å². The highest BCUT2D eigenvalue weighted by atomic mass is 16.4. The molecule has 5 nitrogen and oxygen atoms in total. The average Bonchev–Trinajstić information content (AvgIpc) is 2.76. The number of carboxylic acid groups (broad SMARTS) is 1. The number of rotatable bonds is 1. The number of carboxylic acids is 1. The molecule has 0 radical (unpaired) electrons. The molecule has 4 aliphatic carbocycles. The number of hydrogen-bond donors (Lipinski definition) is 3. The Morgan fingerprint density at radius 2 is 1.92 bits per heavy atom. The number of carbonyl (C=O) groups excluding carboxylic acids is 1. The first-order chi connectivity index (χ1) is 12.0. The predicted molar refractivity (Wildman–Crippen MR) is 95.2 cm³/mol. The minimum Gasteiger partial charge on any atom is -0.478 e. The van der Waals surface area contributed by atoms with Crippen molar-refractivity contribution in [2.75, 3.05) is 0 Å². The number of aliphatic hydroxyl groups is 2. The second kappa shape index (κ2) is 5.29. The van der Waals surface area contributed by atoms with Gasteiger partial charge in [-0.3, -0.25) is 4.79 Å². The van der Waals surface area contributed by atoms with Crippen molar-refractivity contribution in [1.82, 2.24) is 0 Å². The smallest absolute Gasteiger partial charge is 0.339 e. The number of allylic oxidation sites excluding steroid dienone is 3. The molecule has 3 N–H and O–H groups in total. The van der Waals surface area contributed by atoms with E-state index in [0.29, 0.717) is 12.3 Å². The fourth-order valence-electron chi connectivity index (χ4n) is 6.82. The molecule has 26 heavy (non-hydrogen) atoms. The molecular weight excluding hydrogens is 332 g/mol. The Balaban J connectivity index is 1.79. The van der Waals surface area contributed by atoms with E-state index < -0.39 is 28.9 Å². The van der Waals surface area contributed by atoms with Crippen molar-refractivity contribution in [3.05, 3.63) is 23.3 Å². The summed E-state index contributed by atoms with van der Waals surface area (Å²) in [5.74, 6) is -1.23. The fraction of sp³-hybridized carbons (Fsp3) is 0.714. The van der Waals surface area contributed by atoms with Crippen LogP contribution in [-0.4, -0.2) is 38.8 Å². The van der Waals surface area contributed by atoms with E-state index in [1.165, 1.54) is 6.08 Å². The Labute approximate surface area is 153 Å². The largest absolute Gasteiger partial charge is 0.478 e. The standard InChI is InChI=1S/C21H28O5/c1-19-9-13(18(24)25)15(22)8-11(19)4-5-12-14-6-7-21(3,26)20(14,2)10-16(23)17(12)19/h8-9,12,14,16-17,23,26H,4-7,10H2,1-3H3,(H,24,25)/t12?,14?,16?,17?,19-,20-,21-/m0/s1. The van der Waals surface area contributed by atoms with Crippen LogP contribution in [0.2, 0.25) is 0 Å². The van der Waals surface area contributed by atoms with Crippen LogP contribution in [0, 0.1) is 28.6 Å². The Kier molecular flexibility index (Phi) is 3.65. The molecule has 3 saturated carbocycles. The van der Waals surface area contributed by atoms with Gasteiger partial charge < -0.3 is 15.3 Å². The molecule has 0 saturated heterocycles. The molecule has 0 amide bonds. The van der Waals surface area contributed by atoms with Crippen LogP contribution in [0.25, 0.3) is 0 Å². The van der Waals surface area contributed by atoms with Gasteiger partial charge >= 0.3 is 5.97 Å². The minimum absolute atomic E-state index is 0.114. The van der Waals surface area contributed by atoms with E-state index in [2.05, 4.69) is 6.92 Å². The summed E-state index contributed by atoms with van der Waals surface area (Å²) in [5.41, 5.74) is -0.961. The third-order valence-electron chi connectivity index (χ3n) is 8.39. The number of aliphatic carboxylic acids is 1. The molecule has 4 rings (SSSR count). The highest BCUT2D eigenvalue weighted by Gasteiger charge is 2.64. The molecule has 142 valence electrons. The van der Waals surface area contributed by atoms with Crippen LogP contribution < -0.4 is 0 Å². The van der Waals surface area contributed by atoms with Gasteiger partial charge in [0.25, 0.3) is 0 Å². The number of aliphatic hydroxyl groups excluding tert-OH is 1. The molecule has 0 aromatic heterocycles. The first-order valence-corrected chi connectivity index (χ1v) is 9.63. The Bertz CT molecular complexity index is 748. The van der Waals surface area contributed by atoms with Gasteiger partial charge in [-0.1, -0.05) is 25.5 Å². The summed E-state index contributed by atoms with van der Waals surface area (Å²) in [6.45, 7) is 5.96. The number of hydrogen-bond acceptors (Lipinski definition) is 4. The van der Waals surface area contributed by atoms with Crippen LogP contribution in [0.15, 0.2) is 23.3 Å². The highest BCUT2D eigenvalue weighted by molar-refractivity contribution is 6.22. The van der Waals surface area contributed by atoms with Crippen LogP contribution in [0.1, 0.15) is 52.9 Å². The number of fused-ring (bicyclic) bond motifs is 5. The van der Waals surface area contributed by atoms with Crippen LogP contribution in [0.3, 0.4) is 0 Å². The molecule has 5 heteroatoms. The maximum Gasteiger partial charge on any atom is 0.339 e. The van der Waals surface area contributed by atoms with Crippen molar-refractivity contribution in [1.29, 1.82) is 0 Å². The maximum atomic E-state index is 12.2. The van der Waals surface area contributed by atoms with E-state index in [4.69, 9.17) is 0 Å². The van der Waals surface area contributed by atoms with E-state index in [9.17, 15) is 24.9 Å². The minimum atomic E-state index is -1.20. The Morgan fingerprint density at radius 3 is 2.58 bits per heavy atom. The van der Waals surface area contributed by atoms with Crippen molar-refractivity contribution in [3.8, 4) is 0 Å². The van der Waals surface area contributed by atoms with Gasteiger partial charge in [0.1, 0.15) is 5.57 Å². The van der Waals surface area contributed by atoms with Gasteiger partial charge in [0.05, 0.1) is 11.7 Å². The summed E-state index contributed by atoms with van der Waals surface area (Å²) in [5, 5.41) is 31.5. The second-order valence-corrected chi connectivity index (χ2v) is 9.52. The SMILES string of the molecule is C[C@]12C=C(C(=O)O)C(=O)C=C1CCC1C2C(O)C[C@@]2(C)C1CC[C@]2(C)O. The lowest BCUT2D eigenvalue weighted by atomic mass is 9.46. The summed E-state index contributed by atoms with van der Waals surface area (Å²) < 4.78 is 0. The first kappa shape index (κ1) is 17.9. The van der Waals surface area contributed by atoms with Crippen LogP contribution in [0.4, 0.5) is 0 Å². The van der Waals surface area contributed by atoms with Crippen molar-refractivity contribution in [2.24, 2.45) is 28.6 Å². The zero-order chi connectivity index (χ0) is 19.1. The molecule has 7 atom stereocenters. The topological polar surface area (TPSA) is 94.8 Å². The van der Waals surface area contributed by atoms with E-state index in [-0.39, 0.29) is 22.8 Å². The predicted octanol–water partition coefficient (Wildman–Crippen LogP) is 2.47. The van der Waals surface area contributed by atoms with Gasteiger partial charge in [-0.25, -0.2) is 4.79 Å². The lowest BCUT2D eigenvalue weighted by Crippen LogP contribution is -2.58. The van der Waals surface area contributed by atoms with Crippen LogP contribution in [0.5, 0.6) is 0 Å². The van der Waals surface area contributed by atoms with E-state index in [1.807, 2.05) is 13.8 Å². The lowest BCUT2D eigenvalue weighted by molar-refractivity contribution is -0.158. The maximum absolute atomic E-state index is 12.2. The lowest BCUT2D eigenvalue weighted by Gasteiger charge is -2.59. The van der Waals surface area contributed by atoms with Crippen molar-refractivity contribution < 1.29 is 24.9 Å². The third-order valence-corrected chi connectivity index (χ3v) is 8.39. The van der Waals surface area contributed by atoms with E-state index >= 15 is 0 Å². The summed E-state index contributed by atoms with van der Waals surface area (Å²) in [6.07, 6.45) is 6.27. The van der Waals surface area contributed by atoms with Gasteiger partial charge in [-0.2, -0.15) is 0 Å². The average molecular weight is 360 g/mol. The molecule has 0 aromatic rings. The van der Waals surface area contributed by atoms with Crippen molar-refractivity contribution >= 4 is 11.8 Å². The molecule has 3 fully saturated rings. The van der Waals surface area contributed by atoms with E-state index in [0.717, 1.165) is 31.3 Å². The monoisotopic (exact) mass is 360 g/mol. The molecular formula is C21H28O5. The van der Waals surface area contributed by atoms with Crippen molar-refractivity contribution in [2.45, 2.75) is 64.6 Å². The molecule has 0 spiro atoms. The number of ketones is 1. The van der Waals surface area contributed by atoms with Gasteiger partial charge in [0, 0.05) is 16.7 Å². The molecule has 0 aromatic carbocycles. The summed E-state index contributed by atoms with van der Waals surface area (Å²) in [6, 6.07) is 0. The van der Waals surface area contributed by atoms with Gasteiger partial charge in [-0.15, -0.1) is 0 Å². The highest BCUT2D eigenvalue weighted by Crippen LogP contribution is 2.66. The molecule has 4 aliphatic rings. The second-order valence-electron chi connectivity index (χ2n) is 9.52. The Hall–Kier alpha value is -1.46. The molecule has 4 unspecified atom stereocenters. The Morgan fingerprint density at radius 1 is 1.23 bits per heavy atom. The van der Waals surface area contributed by atoms with E-state index in [1.54, 1.807) is 6.08 Å². The normalized spacial score (nSPS) is 50.3. The fourth-order valence-corrected chi connectivity index (χ4v) is 6.82. The summed E-state index contributed by atoms with van der Waals surface area (Å²) in [4.78, 5) is 23.7. The quantitative estimate of drug-likeness (QED) is 0.625. The molecule has 0 bridgehead atoms. The number of carbonyl (C=O) groups is 2. The van der Waals surface area contributed by atoms with Gasteiger partial charge in [-0.05, 0) is 56.9 Å². The molecule has 0 heterocycles. The first-order valence-electron chi connectivity index (χ1n) is 9.63. The summed E-state index contributed by atoms with van der Waals surface area (Å²) >= 11 is 0. The van der Waals surface area contributed by atoms with Crippen molar-refractivity contribution in [3.63, 3.8) is 0 Å². The zero-order valence-corrected chi connectivity index (χ0v) is 15.7.